The Labute approximate surface area is 209 Å². The van der Waals surface area contributed by atoms with Crippen LogP contribution in [-0.2, 0) is 7.05 Å². The molecule has 11 nitrogen and oxygen atoms in total. The predicted molar refractivity (Wildman–Crippen MR) is 134 cm³/mol. The Morgan fingerprint density at radius 2 is 1.83 bits per heavy atom. The van der Waals surface area contributed by atoms with E-state index in [2.05, 4.69) is 46.2 Å². The number of anilines is 4. The molecule has 0 atom stereocenters. The first-order chi connectivity index (χ1) is 17.0. The van der Waals surface area contributed by atoms with Crippen molar-refractivity contribution in [3.05, 3.63) is 58.8 Å². The average molecular weight is 507 g/mol. The summed E-state index contributed by atoms with van der Waals surface area (Å²) in [7, 11) is 3.30. The van der Waals surface area contributed by atoms with Gasteiger partial charge in [0, 0.05) is 12.3 Å². The number of para-hydroxylation sites is 1. The Bertz CT molecular complexity index is 1480. The molecule has 176 valence electrons. The van der Waals surface area contributed by atoms with Crippen molar-refractivity contribution in [3.63, 3.8) is 0 Å². The van der Waals surface area contributed by atoms with Crippen LogP contribution in [0.1, 0.15) is 5.69 Å². The molecule has 0 unspecified atom stereocenters. The predicted octanol–water partition coefficient (Wildman–Crippen LogP) is 4.64. The first-order valence-corrected chi connectivity index (χ1v) is 11.6. The van der Waals surface area contributed by atoms with Crippen LogP contribution in [0.4, 0.5) is 23.0 Å². The molecule has 2 N–H and O–H groups in total. The molecule has 13 heteroatoms. The minimum Gasteiger partial charge on any atom is -0.494 e. The summed E-state index contributed by atoms with van der Waals surface area (Å²) in [5.41, 5.74) is 3.73. The molecule has 5 rings (SSSR count). The van der Waals surface area contributed by atoms with Gasteiger partial charge in [-0.15, -0.1) is 26.6 Å². The summed E-state index contributed by atoms with van der Waals surface area (Å²) < 4.78 is 6.32. The van der Waals surface area contributed by atoms with Gasteiger partial charge in [0.25, 0.3) is 0 Å². The topological polar surface area (TPSA) is 128 Å². The molecule has 0 bridgehead atoms. The monoisotopic (exact) mass is 506 g/mol. The Hall–Kier alpha value is -4.16. The lowest BCUT2D eigenvalue weighted by Gasteiger charge is -2.16. The normalized spacial score (nSPS) is 10.9. The molecule has 1 aromatic carbocycles. The van der Waals surface area contributed by atoms with Crippen LogP contribution in [0.15, 0.2) is 48.8 Å². The van der Waals surface area contributed by atoms with Crippen molar-refractivity contribution in [2.75, 3.05) is 17.7 Å². The second kappa shape index (κ2) is 9.60. The summed E-state index contributed by atoms with van der Waals surface area (Å²) in [6.45, 7) is 1.88. The smallest absolute Gasteiger partial charge is 0.208 e. The van der Waals surface area contributed by atoms with Crippen LogP contribution >= 0.6 is 22.9 Å². The summed E-state index contributed by atoms with van der Waals surface area (Å²) in [6, 6.07) is 11.2. The summed E-state index contributed by atoms with van der Waals surface area (Å²) >= 11 is 7.52. The van der Waals surface area contributed by atoms with Gasteiger partial charge < -0.3 is 15.4 Å². The molecular formula is C22H19ClN10OS. The van der Waals surface area contributed by atoms with Gasteiger partial charge in [-0.1, -0.05) is 17.7 Å². The number of nitrogens with one attached hydrogen (secondary N) is 2. The molecule has 0 fully saturated rings. The van der Waals surface area contributed by atoms with Crippen LogP contribution in [0.2, 0.25) is 4.34 Å². The van der Waals surface area contributed by atoms with Crippen molar-refractivity contribution >= 4 is 45.9 Å². The lowest BCUT2D eigenvalue weighted by Crippen LogP contribution is -2.02. The fraction of sp³-hybridized carbons (Fsp3) is 0.136. The minimum absolute atomic E-state index is 0.454. The third kappa shape index (κ3) is 4.88. The molecule has 0 aliphatic rings. The number of aromatic nitrogens is 8. The van der Waals surface area contributed by atoms with Gasteiger partial charge in [0.15, 0.2) is 11.6 Å². The highest BCUT2D eigenvalue weighted by atomic mass is 35.5. The van der Waals surface area contributed by atoms with E-state index in [1.165, 1.54) is 16.1 Å². The van der Waals surface area contributed by atoms with Crippen molar-refractivity contribution in [2.24, 2.45) is 7.05 Å². The molecule has 0 amide bonds. The molecule has 4 heterocycles. The number of tetrazole rings is 1. The van der Waals surface area contributed by atoms with Gasteiger partial charge in [0.2, 0.25) is 5.82 Å². The maximum absolute atomic E-state index is 6.16. The zero-order chi connectivity index (χ0) is 24.4. The van der Waals surface area contributed by atoms with Crippen LogP contribution < -0.4 is 15.4 Å². The van der Waals surface area contributed by atoms with Crippen molar-refractivity contribution in [3.8, 4) is 27.7 Å². The van der Waals surface area contributed by atoms with E-state index in [0.717, 1.165) is 22.0 Å². The van der Waals surface area contributed by atoms with Crippen LogP contribution in [0.3, 0.4) is 0 Å². The summed E-state index contributed by atoms with van der Waals surface area (Å²) in [5.74, 6) is 2.17. The highest BCUT2D eigenvalue weighted by molar-refractivity contribution is 7.18. The van der Waals surface area contributed by atoms with Gasteiger partial charge in [-0.3, -0.25) is 0 Å². The lowest BCUT2D eigenvalue weighted by atomic mass is 10.1. The Kier molecular flexibility index (Phi) is 6.21. The van der Waals surface area contributed by atoms with Gasteiger partial charge in [-0.05, 0) is 36.4 Å². The number of ether oxygens (including phenoxy) is 1. The highest BCUT2D eigenvalue weighted by Gasteiger charge is 2.18. The Morgan fingerprint density at radius 3 is 2.51 bits per heavy atom. The summed E-state index contributed by atoms with van der Waals surface area (Å²) in [5, 5.41) is 27.9. The molecule has 0 aliphatic carbocycles. The van der Waals surface area contributed by atoms with Crippen LogP contribution in [0, 0.1) is 6.92 Å². The van der Waals surface area contributed by atoms with E-state index in [1.54, 1.807) is 26.6 Å². The van der Waals surface area contributed by atoms with Crippen LogP contribution in [0.5, 0.6) is 5.75 Å². The van der Waals surface area contributed by atoms with Crippen molar-refractivity contribution in [1.82, 2.24) is 40.4 Å². The first kappa shape index (κ1) is 22.6. The lowest BCUT2D eigenvalue weighted by molar-refractivity contribution is 0.418. The molecule has 0 radical (unpaired) electrons. The molecule has 4 aromatic heterocycles. The first-order valence-electron chi connectivity index (χ1n) is 10.4. The van der Waals surface area contributed by atoms with Gasteiger partial charge in [-0.25, -0.2) is 9.97 Å². The van der Waals surface area contributed by atoms with Gasteiger partial charge in [0.05, 0.1) is 48.5 Å². The summed E-state index contributed by atoms with van der Waals surface area (Å²) in [4.78, 5) is 10.4. The zero-order valence-electron chi connectivity index (χ0n) is 18.9. The number of nitrogens with zero attached hydrogens (tertiary/aromatic N) is 8. The highest BCUT2D eigenvalue weighted by Crippen LogP contribution is 2.40. The molecule has 0 spiro atoms. The quantitative estimate of drug-likeness (QED) is 0.322. The summed E-state index contributed by atoms with van der Waals surface area (Å²) in [6.07, 6.45) is 3.34. The number of methoxy groups -OCH3 is 1. The van der Waals surface area contributed by atoms with Gasteiger partial charge >= 0.3 is 0 Å². The second-order valence-corrected chi connectivity index (χ2v) is 9.05. The Morgan fingerprint density at radius 1 is 0.943 bits per heavy atom. The fourth-order valence-corrected chi connectivity index (χ4v) is 4.28. The van der Waals surface area contributed by atoms with E-state index < -0.39 is 0 Å². The second-order valence-electron chi connectivity index (χ2n) is 7.38. The number of halogens is 1. The van der Waals surface area contributed by atoms with Crippen LogP contribution in [-0.4, -0.2) is 47.5 Å². The molecule has 0 saturated carbocycles. The van der Waals surface area contributed by atoms with E-state index in [1.807, 2.05) is 43.3 Å². The molecule has 35 heavy (non-hydrogen) atoms. The number of rotatable bonds is 7. The molecule has 0 aliphatic heterocycles. The number of hydrogen-bond donors (Lipinski definition) is 2. The van der Waals surface area contributed by atoms with Crippen LogP contribution in [0.25, 0.3) is 22.0 Å². The number of hydrogen-bond acceptors (Lipinski definition) is 11. The van der Waals surface area contributed by atoms with Crippen molar-refractivity contribution < 1.29 is 4.74 Å². The van der Waals surface area contributed by atoms with E-state index in [9.17, 15) is 0 Å². The van der Waals surface area contributed by atoms with Crippen molar-refractivity contribution in [2.45, 2.75) is 6.92 Å². The van der Waals surface area contributed by atoms with E-state index in [-0.39, 0.29) is 0 Å². The maximum atomic E-state index is 6.16. The van der Waals surface area contributed by atoms with Crippen molar-refractivity contribution in [1.29, 1.82) is 0 Å². The maximum Gasteiger partial charge on any atom is 0.208 e. The molecular weight excluding hydrogens is 488 g/mol. The Balaban J connectivity index is 1.56. The number of pyridine rings is 1. The largest absolute Gasteiger partial charge is 0.494 e. The van der Waals surface area contributed by atoms with E-state index in [4.69, 9.17) is 16.3 Å². The number of thiazole rings is 1. The third-order valence-electron chi connectivity index (χ3n) is 4.90. The van der Waals surface area contributed by atoms with E-state index in [0.29, 0.717) is 38.8 Å². The third-order valence-corrected chi connectivity index (χ3v) is 6.05. The van der Waals surface area contributed by atoms with E-state index >= 15 is 0 Å². The van der Waals surface area contributed by atoms with Gasteiger partial charge in [-0.2, -0.15) is 9.90 Å². The SMILES string of the molecule is COc1c(Nc2cc(Nc3ccc(C)nn3)ncc2-c2ncc(Cl)s2)cccc1-c1nnn(C)n1. The standard InChI is InChI=1S/C22H19ClN10OS/c1-12-7-8-18(29-28-12)27-19-9-16(14(10-24-19)22-25-11-17(23)35-22)26-15-6-4-5-13(20(15)34-3)21-30-32-33(2)31-21/h4-11H,1-3H3,(H2,24,26,27,29). The average Bonchev–Trinajstić information content (AvgIpc) is 3.49. The van der Waals surface area contributed by atoms with Gasteiger partial charge in [0.1, 0.15) is 15.2 Å². The fourth-order valence-electron chi connectivity index (χ4n) is 3.34. The number of benzene rings is 1. The molecule has 5 aromatic rings. The molecule has 0 saturated heterocycles. The number of aryl methyl sites for hydroxylation is 2. The minimum atomic E-state index is 0.454. The zero-order valence-corrected chi connectivity index (χ0v) is 20.5.